The average molecular weight is 298 g/mol. The molecule has 0 spiro atoms. The van der Waals surface area contributed by atoms with Crippen LogP contribution in [-0.4, -0.2) is 34.7 Å². The summed E-state index contributed by atoms with van der Waals surface area (Å²) in [5.41, 5.74) is 0.507. The van der Waals surface area contributed by atoms with E-state index in [9.17, 15) is 9.90 Å². The lowest BCUT2D eigenvalue weighted by atomic mass is 9.93. The first kappa shape index (κ1) is 15.1. The number of aromatic nitrogens is 1. The third kappa shape index (κ3) is 4.08. The standard InChI is InChI=1S/C14H20ClN3O2/c1-2-16-13-8-9(7-12(15)18-13)14(20)17-10-3-5-11(19)6-4-10/h7-8,10-11,19H,2-6H2,1H3,(H,16,18)(H,17,20). The number of nitrogens with one attached hydrogen (secondary N) is 2. The number of carbonyl (C=O) groups excluding carboxylic acids is 1. The molecule has 0 atom stereocenters. The largest absolute Gasteiger partial charge is 0.393 e. The van der Waals surface area contributed by atoms with E-state index in [0.717, 1.165) is 32.2 Å². The molecule has 1 fully saturated rings. The molecule has 1 amide bonds. The van der Waals surface area contributed by atoms with Crippen LogP contribution in [0.4, 0.5) is 5.82 Å². The molecule has 0 radical (unpaired) electrons. The van der Waals surface area contributed by atoms with Crippen LogP contribution in [0.2, 0.25) is 5.15 Å². The number of nitrogens with zero attached hydrogens (tertiary/aromatic N) is 1. The fraction of sp³-hybridized carbons (Fsp3) is 0.571. The molecule has 2 rings (SSSR count). The molecule has 110 valence electrons. The van der Waals surface area contributed by atoms with Gasteiger partial charge < -0.3 is 15.7 Å². The van der Waals surface area contributed by atoms with Gasteiger partial charge in [-0.05, 0) is 44.7 Å². The highest BCUT2D eigenvalue weighted by molar-refractivity contribution is 6.29. The summed E-state index contributed by atoms with van der Waals surface area (Å²) < 4.78 is 0. The van der Waals surface area contributed by atoms with Gasteiger partial charge in [0.15, 0.2) is 0 Å². The number of rotatable bonds is 4. The minimum Gasteiger partial charge on any atom is -0.393 e. The molecular weight excluding hydrogens is 278 g/mol. The van der Waals surface area contributed by atoms with Crippen LogP contribution in [0.5, 0.6) is 0 Å². The first-order chi connectivity index (χ1) is 9.58. The van der Waals surface area contributed by atoms with Crippen molar-refractivity contribution >= 4 is 23.3 Å². The summed E-state index contributed by atoms with van der Waals surface area (Å²) in [7, 11) is 0. The van der Waals surface area contributed by atoms with Gasteiger partial charge in [-0.1, -0.05) is 11.6 Å². The first-order valence-electron chi connectivity index (χ1n) is 6.99. The van der Waals surface area contributed by atoms with Crippen molar-refractivity contribution < 1.29 is 9.90 Å². The zero-order valence-corrected chi connectivity index (χ0v) is 12.3. The number of aliphatic hydroxyl groups excluding tert-OH is 1. The number of hydrogen-bond donors (Lipinski definition) is 3. The first-order valence-corrected chi connectivity index (χ1v) is 7.36. The summed E-state index contributed by atoms with van der Waals surface area (Å²) in [5.74, 6) is 0.457. The second kappa shape index (κ2) is 6.90. The summed E-state index contributed by atoms with van der Waals surface area (Å²) in [6.45, 7) is 2.67. The zero-order valence-electron chi connectivity index (χ0n) is 11.5. The van der Waals surface area contributed by atoms with E-state index in [1.54, 1.807) is 12.1 Å². The summed E-state index contributed by atoms with van der Waals surface area (Å²) in [4.78, 5) is 16.3. The molecule has 6 heteroatoms. The second-order valence-corrected chi connectivity index (χ2v) is 5.46. The molecule has 0 bridgehead atoms. The highest BCUT2D eigenvalue weighted by Crippen LogP contribution is 2.20. The lowest BCUT2D eigenvalue weighted by Crippen LogP contribution is -2.38. The molecule has 5 nitrogen and oxygen atoms in total. The molecule has 1 aromatic rings. The van der Waals surface area contributed by atoms with Crippen molar-refractivity contribution in [2.24, 2.45) is 0 Å². The number of anilines is 1. The number of amides is 1. The van der Waals surface area contributed by atoms with E-state index in [1.807, 2.05) is 6.92 Å². The minimum absolute atomic E-state index is 0.125. The van der Waals surface area contributed by atoms with Crippen molar-refractivity contribution in [1.82, 2.24) is 10.3 Å². The lowest BCUT2D eigenvalue weighted by Gasteiger charge is -2.26. The summed E-state index contributed by atoms with van der Waals surface area (Å²) in [5, 5.41) is 15.8. The molecule has 20 heavy (non-hydrogen) atoms. The molecule has 0 aliphatic heterocycles. The molecule has 1 aliphatic carbocycles. The molecule has 1 aliphatic rings. The molecule has 1 aromatic heterocycles. The zero-order chi connectivity index (χ0) is 14.5. The number of aliphatic hydroxyl groups is 1. The van der Waals surface area contributed by atoms with Crippen LogP contribution < -0.4 is 10.6 Å². The van der Waals surface area contributed by atoms with E-state index in [1.165, 1.54) is 0 Å². The Morgan fingerprint density at radius 1 is 1.40 bits per heavy atom. The van der Waals surface area contributed by atoms with Gasteiger partial charge in [-0.15, -0.1) is 0 Å². The van der Waals surface area contributed by atoms with Crippen molar-refractivity contribution in [2.75, 3.05) is 11.9 Å². The van der Waals surface area contributed by atoms with Crippen LogP contribution in [-0.2, 0) is 0 Å². The van der Waals surface area contributed by atoms with Gasteiger partial charge in [0.1, 0.15) is 11.0 Å². The van der Waals surface area contributed by atoms with Crippen LogP contribution in [0, 0.1) is 0 Å². The Labute approximate surface area is 123 Å². The van der Waals surface area contributed by atoms with Gasteiger partial charge in [0.2, 0.25) is 0 Å². The van der Waals surface area contributed by atoms with Crippen LogP contribution in [0.1, 0.15) is 43.0 Å². The summed E-state index contributed by atoms with van der Waals surface area (Å²) >= 11 is 5.93. The minimum atomic E-state index is -0.223. The Bertz CT molecular complexity index is 473. The highest BCUT2D eigenvalue weighted by atomic mass is 35.5. The van der Waals surface area contributed by atoms with Crippen molar-refractivity contribution in [1.29, 1.82) is 0 Å². The van der Waals surface area contributed by atoms with Gasteiger partial charge in [-0.25, -0.2) is 4.98 Å². The third-order valence-electron chi connectivity index (χ3n) is 3.45. The maximum atomic E-state index is 12.2. The van der Waals surface area contributed by atoms with Crippen LogP contribution in [0.25, 0.3) is 0 Å². The number of hydrogen-bond acceptors (Lipinski definition) is 4. The van der Waals surface area contributed by atoms with Gasteiger partial charge in [-0.3, -0.25) is 4.79 Å². The fourth-order valence-corrected chi connectivity index (χ4v) is 2.60. The topological polar surface area (TPSA) is 74.2 Å². The van der Waals surface area contributed by atoms with E-state index in [-0.39, 0.29) is 18.1 Å². The van der Waals surface area contributed by atoms with Crippen molar-refractivity contribution in [3.63, 3.8) is 0 Å². The Morgan fingerprint density at radius 2 is 2.10 bits per heavy atom. The van der Waals surface area contributed by atoms with Crippen LogP contribution in [0.3, 0.4) is 0 Å². The molecule has 0 unspecified atom stereocenters. The van der Waals surface area contributed by atoms with Gasteiger partial charge in [-0.2, -0.15) is 0 Å². The monoisotopic (exact) mass is 297 g/mol. The Hall–Kier alpha value is -1.33. The summed E-state index contributed by atoms with van der Waals surface area (Å²) in [6, 6.07) is 3.39. The molecule has 1 heterocycles. The molecule has 0 aromatic carbocycles. The van der Waals surface area contributed by atoms with Gasteiger partial charge >= 0.3 is 0 Å². The maximum Gasteiger partial charge on any atom is 0.251 e. The predicted octanol–water partition coefficient (Wildman–Crippen LogP) is 2.20. The van der Waals surface area contributed by atoms with Crippen molar-refractivity contribution in [2.45, 2.75) is 44.8 Å². The van der Waals surface area contributed by atoms with Crippen LogP contribution >= 0.6 is 11.6 Å². The number of carbonyl (C=O) groups is 1. The van der Waals surface area contributed by atoms with E-state index < -0.39 is 0 Å². The molecule has 1 saturated carbocycles. The van der Waals surface area contributed by atoms with E-state index in [4.69, 9.17) is 11.6 Å². The van der Waals surface area contributed by atoms with Gasteiger partial charge in [0.25, 0.3) is 5.91 Å². The predicted molar refractivity (Wildman–Crippen MR) is 79.1 cm³/mol. The second-order valence-electron chi connectivity index (χ2n) is 5.07. The normalized spacial score (nSPS) is 22.4. The third-order valence-corrected chi connectivity index (χ3v) is 3.64. The number of pyridine rings is 1. The highest BCUT2D eigenvalue weighted by Gasteiger charge is 2.21. The molecular formula is C14H20ClN3O2. The fourth-order valence-electron chi connectivity index (χ4n) is 2.39. The Kier molecular flexibility index (Phi) is 5.20. The Morgan fingerprint density at radius 3 is 2.75 bits per heavy atom. The van der Waals surface area contributed by atoms with E-state index >= 15 is 0 Å². The average Bonchev–Trinajstić information content (AvgIpc) is 2.41. The number of halogens is 1. The smallest absolute Gasteiger partial charge is 0.251 e. The van der Waals surface area contributed by atoms with E-state index in [2.05, 4.69) is 15.6 Å². The van der Waals surface area contributed by atoms with Crippen molar-refractivity contribution in [3.8, 4) is 0 Å². The molecule has 3 N–H and O–H groups in total. The van der Waals surface area contributed by atoms with Crippen molar-refractivity contribution in [3.05, 3.63) is 22.8 Å². The Balaban J connectivity index is 2.01. The van der Waals surface area contributed by atoms with Crippen LogP contribution in [0.15, 0.2) is 12.1 Å². The van der Waals surface area contributed by atoms with Gasteiger partial charge in [0, 0.05) is 18.2 Å². The van der Waals surface area contributed by atoms with Gasteiger partial charge in [0.05, 0.1) is 6.10 Å². The summed E-state index contributed by atoms with van der Waals surface area (Å²) in [6.07, 6.45) is 2.88. The lowest BCUT2D eigenvalue weighted by molar-refractivity contribution is 0.0867. The SMILES string of the molecule is CCNc1cc(C(=O)NC2CCC(O)CC2)cc(Cl)n1. The quantitative estimate of drug-likeness (QED) is 0.745. The maximum absolute atomic E-state index is 12.2. The molecule has 0 saturated heterocycles. The van der Waals surface area contributed by atoms with E-state index in [0.29, 0.717) is 16.5 Å².